The van der Waals surface area contributed by atoms with E-state index >= 15 is 0 Å². The molecule has 7 nitrogen and oxygen atoms in total. The minimum absolute atomic E-state index is 0.00472. The van der Waals surface area contributed by atoms with E-state index in [1.54, 1.807) is 6.92 Å². The molecule has 21 heavy (non-hydrogen) atoms. The van der Waals surface area contributed by atoms with Crippen LogP contribution < -0.4 is 11.1 Å². The average molecular weight is 292 g/mol. The Kier molecular flexibility index (Phi) is 3.97. The summed E-state index contributed by atoms with van der Waals surface area (Å²) in [5.41, 5.74) is 4.88. The number of hydrogen-bond acceptors (Lipinski definition) is 5. The Bertz CT molecular complexity index is 720. The van der Waals surface area contributed by atoms with Crippen LogP contribution in [0.2, 0.25) is 0 Å². The van der Waals surface area contributed by atoms with E-state index in [-0.39, 0.29) is 28.7 Å². The van der Waals surface area contributed by atoms with Crippen molar-refractivity contribution in [1.29, 1.82) is 0 Å². The lowest BCUT2D eigenvalue weighted by atomic mass is 10.1. The lowest BCUT2D eigenvalue weighted by Crippen LogP contribution is -2.24. The van der Waals surface area contributed by atoms with E-state index in [0.717, 1.165) is 6.07 Å². The number of nitro benzene ring substituents is 1. The molecule has 0 bridgehead atoms. The van der Waals surface area contributed by atoms with Gasteiger partial charge in [0.2, 0.25) is 5.91 Å². The Morgan fingerprint density at radius 3 is 2.95 bits per heavy atom. The van der Waals surface area contributed by atoms with Crippen LogP contribution in [0, 0.1) is 15.9 Å². The molecule has 1 unspecified atom stereocenters. The molecule has 3 N–H and O–H groups in total. The first kappa shape index (κ1) is 14.6. The molecule has 0 spiro atoms. The van der Waals surface area contributed by atoms with Gasteiger partial charge in [-0.15, -0.1) is 0 Å². The monoisotopic (exact) mass is 292 g/mol. The maximum atomic E-state index is 14.1. The van der Waals surface area contributed by atoms with Crippen LogP contribution in [0.15, 0.2) is 24.4 Å². The number of pyridine rings is 1. The summed E-state index contributed by atoms with van der Waals surface area (Å²) in [5.74, 6) is -1.33. The zero-order chi connectivity index (χ0) is 15.6. The van der Waals surface area contributed by atoms with Crippen molar-refractivity contribution in [3.63, 3.8) is 0 Å². The van der Waals surface area contributed by atoms with E-state index in [0.29, 0.717) is 0 Å². The van der Waals surface area contributed by atoms with Crippen molar-refractivity contribution >= 4 is 28.2 Å². The summed E-state index contributed by atoms with van der Waals surface area (Å²) in [4.78, 5) is 25.2. The number of halogens is 1. The number of nitrogens with zero attached hydrogens (tertiary/aromatic N) is 2. The van der Waals surface area contributed by atoms with Gasteiger partial charge >= 0.3 is 0 Å². The number of primary amides is 1. The fraction of sp³-hybridized carbons (Fsp3) is 0.231. The topological polar surface area (TPSA) is 111 Å². The maximum absolute atomic E-state index is 14.1. The van der Waals surface area contributed by atoms with Gasteiger partial charge in [0, 0.05) is 18.7 Å². The van der Waals surface area contributed by atoms with Crippen molar-refractivity contribution in [3.05, 3.63) is 40.3 Å². The number of amides is 1. The van der Waals surface area contributed by atoms with E-state index < -0.39 is 22.7 Å². The van der Waals surface area contributed by atoms with E-state index in [4.69, 9.17) is 5.73 Å². The summed E-state index contributed by atoms with van der Waals surface area (Å²) >= 11 is 0. The molecule has 0 aliphatic heterocycles. The third kappa shape index (κ3) is 3.04. The minimum Gasteiger partial charge on any atom is -0.378 e. The number of hydrogen-bond donors (Lipinski definition) is 2. The Morgan fingerprint density at radius 1 is 1.62 bits per heavy atom. The molecule has 0 radical (unpaired) electrons. The maximum Gasteiger partial charge on any atom is 0.281 e. The highest BCUT2D eigenvalue weighted by Crippen LogP contribution is 2.33. The number of rotatable bonds is 5. The van der Waals surface area contributed by atoms with Crippen molar-refractivity contribution in [2.45, 2.75) is 19.4 Å². The second kappa shape index (κ2) is 5.70. The van der Waals surface area contributed by atoms with Crippen molar-refractivity contribution in [2.75, 3.05) is 5.32 Å². The fourth-order valence-corrected chi connectivity index (χ4v) is 2.08. The highest BCUT2D eigenvalue weighted by Gasteiger charge is 2.21. The Balaban J connectivity index is 2.54. The fourth-order valence-electron chi connectivity index (χ4n) is 2.08. The quantitative estimate of drug-likeness (QED) is 0.646. The number of carbonyl (C=O) groups excluding carboxylic acids is 1. The van der Waals surface area contributed by atoms with Crippen molar-refractivity contribution < 1.29 is 14.1 Å². The number of benzene rings is 1. The molecule has 0 aliphatic rings. The summed E-state index contributed by atoms with van der Waals surface area (Å²) < 4.78 is 14.1. The summed E-state index contributed by atoms with van der Waals surface area (Å²) in [6.45, 7) is 1.65. The average Bonchev–Trinajstić information content (AvgIpc) is 2.40. The largest absolute Gasteiger partial charge is 0.378 e. The second-order valence-corrected chi connectivity index (χ2v) is 4.63. The number of anilines is 1. The van der Waals surface area contributed by atoms with Gasteiger partial charge in [-0.05, 0) is 19.1 Å². The molecule has 1 aromatic carbocycles. The van der Waals surface area contributed by atoms with Crippen LogP contribution in [-0.2, 0) is 4.79 Å². The molecule has 0 saturated heterocycles. The lowest BCUT2D eigenvalue weighted by Gasteiger charge is -2.15. The number of nitrogens with one attached hydrogen (secondary N) is 1. The highest BCUT2D eigenvalue weighted by molar-refractivity contribution is 5.97. The molecule has 0 fully saturated rings. The molecule has 1 atom stereocenters. The Morgan fingerprint density at radius 2 is 2.33 bits per heavy atom. The van der Waals surface area contributed by atoms with Gasteiger partial charge in [-0.1, -0.05) is 0 Å². The molecule has 1 aromatic heterocycles. The van der Waals surface area contributed by atoms with Crippen LogP contribution in [0.1, 0.15) is 13.3 Å². The van der Waals surface area contributed by atoms with E-state index in [1.165, 1.54) is 18.3 Å². The summed E-state index contributed by atoms with van der Waals surface area (Å²) in [7, 11) is 0. The number of carbonyl (C=O) groups is 1. The smallest absolute Gasteiger partial charge is 0.281 e. The number of non-ortho nitro benzene ring substituents is 1. The summed E-state index contributed by atoms with van der Waals surface area (Å²) in [5, 5.41) is 14.0. The number of nitrogens with two attached hydrogens (primary N) is 1. The molecule has 2 aromatic rings. The number of nitro groups is 1. The van der Waals surface area contributed by atoms with Gasteiger partial charge in [0.25, 0.3) is 5.69 Å². The molecule has 1 amide bonds. The molecule has 2 rings (SSSR count). The number of fused-ring (bicyclic) bond motifs is 1. The van der Waals surface area contributed by atoms with Crippen molar-refractivity contribution in [3.8, 4) is 0 Å². The van der Waals surface area contributed by atoms with Gasteiger partial charge in [0.05, 0.1) is 22.1 Å². The Hall–Kier alpha value is -2.77. The normalized spacial score (nSPS) is 12.1. The first-order valence-corrected chi connectivity index (χ1v) is 6.16. The molecule has 110 valence electrons. The molecule has 0 aliphatic carbocycles. The second-order valence-electron chi connectivity index (χ2n) is 4.63. The van der Waals surface area contributed by atoms with E-state index in [2.05, 4.69) is 10.3 Å². The standard InChI is InChI=1S/C13H13FN4O3/c1-7(5-11(15)19)17-13-9(14)6-10(18(20)21)8-3-2-4-16-12(8)13/h2-4,6-7,17H,5H2,1H3,(H2,15,19). The third-order valence-corrected chi connectivity index (χ3v) is 2.92. The van der Waals surface area contributed by atoms with Crippen molar-refractivity contribution in [1.82, 2.24) is 4.98 Å². The van der Waals surface area contributed by atoms with Crippen LogP contribution in [0.5, 0.6) is 0 Å². The molecule has 0 saturated carbocycles. The first-order valence-electron chi connectivity index (χ1n) is 6.16. The molecular weight excluding hydrogens is 279 g/mol. The lowest BCUT2D eigenvalue weighted by molar-refractivity contribution is -0.383. The molecule has 1 heterocycles. The van der Waals surface area contributed by atoms with Crippen molar-refractivity contribution in [2.24, 2.45) is 5.73 Å². The van der Waals surface area contributed by atoms with E-state index in [1.807, 2.05) is 0 Å². The molecular formula is C13H13FN4O3. The predicted molar refractivity (Wildman–Crippen MR) is 75.3 cm³/mol. The van der Waals surface area contributed by atoms with Gasteiger partial charge in [-0.3, -0.25) is 19.9 Å². The van der Waals surface area contributed by atoms with Gasteiger partial charge in [0.15, 0.2) is 5.82 Å². The summed E-state index contributed by atoms with van der Waals surface area (Å²) in [6, 6.07) is 3.43. The van der Waals surface area contributed by atoms with Crippen LogP contribution in [0.4, 0.5) is 15.8 Å². The van der Waals surface area contributed by atoms with Gasteiger partial charge in [0.1, 0.15) is 5.52 Å². The Labute approximate surface area is 119 Å². The zero-order valence-electron chi connectivity index (χ0n) is 11.2. The minimum atomic E-state index is -0.802. The van der Waals surface area contributed by atoms with Crippen LogP contribution >= 0.6 is 0 Å². The molecule has 8 heteroatoms. The predicted octanol–water partition coefficient (Wildman–Crippen LogP) is 1.96. The van der Waals surface area contributed by atoms with Gasteiger partial charge in [-0.2, -0.15) is 0 Å². The van der Waals surface area contributed by atoms with Crippen LogP contribution in [0.25, 0.3) is 10.9 Å². The zero-order valence-corrected chi connectivity index (χ0v) is 11.2. The van der Waals surface area contributed by atoms with E-state index in [9.17, 15) is 19.3 Å². The van der Waals surface area contributed by atoms with Crippen LogP contribution in [-0.4, -0.2) is 21.9 Å². The summed E-state index contributed by atoms with van der Waals surface area (Å²) in [6.07, 6.45) is 1.42. The van der Waals surface area contributed by atoms with Crippen LogP contribution in [0.3, 0.4) is 0 Å². The highest BCUT2D eigenvalue weighted by atomic mass is 19.1. The van der Waals surface area contributed by atoms with Gasteiger partial charge in [-0.25, -0.2) is 4.39 Å². The van der Waals surface area contributed by atoms with Gasteiger partial charge < -0.3 is 11.1 Å². The number of aromatic nitrogens is 1. The SMILES string of the molecule is CC(CC(N)=O)Nc1c(F)cc([N+](=O)[O-])c2cccnc12. The first-order chi connectivity index (χ1) is 9.90. The third-order valence-electron chi connectivity index (χ3n) is 2.92.